The first-order valence-corrected chi connectivity index (χ1v) is 7.28. The molecule has 2 bridgehead atoms. The molecule has 2 aliphatic carbocycles. The molecule has 5 heteroatoms. The van der Waals surface area contributed by atoms with Crippen LogP contribution >= 0.6 is 0 Å². The van der Waals surface area contributed by atoms with Crippen molar-refractivity contribution in [3.8, 4) is 0 Å². The standard InChI is InChI=1S/C17H17NO4/c1-9(19)10-3-2-4-13(8-10)18-16(20)14-11-5-6-12(7-11)15(14)17(21)22/h2-6,8,11-12,14-15H,7H2,1H3,(H,18,20)(H,21,22)/p-1/t11-,12-,14-,15-/m0/s1. The van der Waals surface area contributed by atoms with Crippen LogP contribution in [0.15, 0.2) is 36.4 Å². The molecule has 0 aromatic heterocycles. The average molecular weight is 298 g/mol. The number of benzene rings is 1. The highest BCUT2D eigenvalue weighted by Crippen LogP contribution is 2.48. The lowest BCUT2D eigenvalue weighted by Gasteiger charge is -2.27. The number of ketones is 1. The van der Waals surface area contributed by atoms with Gasteiger partial charge in [0.2, 0.25) is 5.91 Å². The number of amides is 1. The summed E-state index contributed by atoms with van der Waals surface area (Å²) in [5.74, 6) is -3.14. The predicted octanol–water partition coefficient (Wildman–Crippen LogP) is 1.02. The summed E-state index contributed by atoms with van der Waals surface area (Å²) < 4.78 is 0. The molecular weight excluding hydrogens is 282 g/mol. The highest BCUT2D eigenvalue weighted by Gasteiger charge is 2.48. The zero-order chi connectivity index (χ0) is 15.9. The highest BCUT2D eigenvalue weighted by molar-refractivity contribution is 5.99. The number of carbonyl (C=O) groups excluding carboxylic acids is 3. The molecule has 1 N–H and O–H groups in total. The van der Waals surface area contributed by atoms with Gasteiger partial charge < -0.3 is 15.2 Å². The number of carbonyl (C=O) groups is 3. The quantitative estimate of drug-likeness (QED) is 0.664. The summed E-state index contributed by atoms with van der Waals surface area (Å²) in [4.78, 5) is 35.2. The van der Waals surface area contributed by atoms with Crippen LogP contribution in [0.3, 0.4) is 0 Å². The van der Waals surface area contributed by atoms with Crippen molar-refractivity contribution >= 4 is 23.3 Å². The minimum atomic E-state index is -1.17. The van der Waals surface area contributed by atoms with Crippen molar-refractivity contribution in [2.75, 3.05) is 5.32 Å². The summed E-state index contributed by atoms with van der Waals surface area (Å²) in [7, 11) is 0. The largest absolute Gasteiger partial charge is 0.550 e. The van der Waals surface area contributed by atoms with Gasteiger partial charge in [0.25, 0.3) is 0 Å². The third-order valence-electron chi connectivity index (χ3n) is 4.57. The Labute approximate surface area is 128 Å². The number of hydrogen-bond acceptors (Lipinski definition) is 4. The van der Waals surface area contributed by atoms with Gasteiger partial charge in [-0.1, -0.05) is 24.3 Å². The van der Waals surface area contributed by atoms with Crippen molar-refractivity contribution in [1.29, 1.82) is 0 Å². The molecule has 114 valence electrons. The molecule has 1 aromatic carbocycles. The number of hydrogen-bond donors (Lipinski definition) is 1. The molecule has 0 unspecified atom stereocenters. The maximum atomic E-state index is 12.5. The Kier molecular flexibility index (Phi) is 3.56. The van der Waals surface area contributed by atoms with Gasteiger partial charge >= 0.3 is 0 Å². The Hall–Kier alpha value is -2.43. The second-order valence-electron chi connectivity index (χ2n) is 5.95. The van der Waals surface area contributed by atoms with Crippen molar-refractivity contribution in [1.82, 2.24) is 0 Å². The van der Waals surface area contributed by atoms with Gasteiger partial charge in [0.05, 0.1) is 5.92 Å². The number of anilines is 1. The Morgan fingerprint density at radius 1 is 1.14 bits per heavy atom. The van der Waals surface area contributed by atoms with Gasteiger partial charge in [0, 0.05) is 23.1 Å². The molecule has 3 rings (SSSR count). The number of carboxylic acid groups (broad SMARTS) is 1. The highest BCUT2D eigenvalue weighted by atomic mass is 16.4. The minimum Gasteiger partial charge on any atom is -0.550 e. The van der Waals surface area contributed by atoms with E-state index in [4.69, 9.17) is 0 Å². The number of rotatable bonds is 4. The number of nitrogens with one attached hydrogen (secondary N) is 1. The topological polar surface area (TPSA) is 86.3 Å². The van der Waals surface area contributed by atoms with E-state index in [1.807, 2.05) is 12.2 Å². The molecule has 1 saturated carbocycles. The Bertz CT molecular complexity index is 679. The van der Waals surface area contributed by atoms with Gasteiger partial charge in [0.15, 0.2) is 5.78 Å². The van der Waals surface area contributed by atoms with E-state index >= 15 is 0 Å². The third-order valence-corrected chi connectivity index (χ3v) is 4.57. The molecule has 0 aliphatic heterocycles. The van der Waals surface area contributed by atoms with Crippen LogP contribution in [0.2, 0.25) is 0 Å². The van der Waals surface area contributed by atoms with E-state index in [1.165, 1.54) is 6.92 Å². The van der Waals surface area contributed by atoms with Crippen molar-refractivity contribution in [2.24, 2.45) is 23.7 Å². The van der Waals surface area contributed by atoms with Gasteiger partial charge in [-0.2, -0.15) is 0 Å². The minimum absolute atomic E-state index is 0.0520. The Balaban J connectivity index is 1.80. The van der Waals surface area contributed by atoms with Crippen molar-refractivity contribution in [3.05, 3.63) is 42.0 Å². The van der Waals surface area contributed by atoms with Gasteiger partial charge in [-0.25, -0.2) is 0 Å². The van der Waals surface area contributed by atoms with Crippen LogP contribution in [0.5, 0.6) is 0 Å². The lowest BCUT2D eigenvalue weighted by Crippen LogP contribution is -2.42. The van der Waals surface area contributed by atoms with E-state index in [2.05, 4.69) is 5.32 Å². The van der Waals surface area contributed by atoms with E-state index in [1.54, 1.807) is 24.3 Å². The van der Waals surface area contributed by atoms with Crippen molar-refractivity contribution < 1.29 is 19.5 Å². The number of carboxylic acids is 1. The number of fused-ring (bicyclic) bond motifs is 2. The fourth-order valence-electron chi connectivity index (χ4n) is 3.54. The zero-order valence-corrected chi connectivity index (χ0v) is 12.1. The summed E-state index contributed by atoms with van der Waals surface area (Å²) >= 11 is 0. The molecule has 2 aliphatic rings. The molecule has 22 heavy (non-hydrogen) atoms. The lowest BCUT2D eigenvalue weighted by atomic mass is 9.82. The maximum absolute atomic E-state index is 12.5. The second-order valence-corrected chi connectivity index (χ2v) is 5.95. The van der Waals surface area contributed by atoms with Crippen LogP contribution in [0.4, 0.5) is 5.69 Å². The zero-order valence-electron chi connectivity index (χ0n) is 12.1. The first-order valence-electron chi connectivity index (χ1n) is 7.28. The molecule has 1 fully saturated rings. The SMILES string of the molecule is CC(=O)c1cccc(NC(=O)[C@@H]2[C@@H](C(=O)[O-])[C@H]3C=C[C@H]2C3)c1. The van der Waals surface area contributed by atoms with Crippen LogP contribution < -0.4 is 10.4 Å². The number of allylic oxidation sites excluding steroid dienone is 2. The monoisotopic (exact) mass is 298 g/mol. The molecule has 0 saturated heterocycles. The summed E-state index contributed by atoms with van der Waals surface area (Å²) in [6.07, 6.45) is 4.47. The predicted molar refractivity (Wildman–Crippen MR) is 77.8 cm³/mol. The smallest absolute Gasteiger partial charge is 0.228 e. The van der Waals surface area contributed by atoms with E-state index in [0.29, 0.717) is 17.7 Å². The summed E-state index contributed by atoms with van der Waals surface area (Å²) in [6.45, 7) is 1.45. The third kappa shape index (κ3) is 2.43. The Morgan fingerprint density at radius 2 is 1.82 bits per heavy atom. The molecule has 0 radical (unpaired) electrons. The summed E-state index contributed by atoms with van der Waals surface area (Å²) in [6, 6.07) is 6.63. The second kappa shape index (κ2) is 5.40. The molecule has 0 heterocycles. The molecule has 5 nitrogen and oxygen atoms in total. The lowest BCUT2D eigenvalue weighted by molar-refractivity contribution is -0.313. The van der Waals surface area contributed by atoms with E-state index in [-0.39, 0.29) is 23.5 Å². The first kappa shape index (κ1) is 14.5. The molecule has 1 amide bonds. The van der Waals surface area contributed by atoms with Gasteiger partial charge in [-0.3, -0.25) is 9.59 Å². The molecule has 0 spiro atoms. The molecular formula is C17H16NO4-. The van der Waals surface area contributed by atoms with E-state index < -0.39 is 17.8 Å². The summed E-state index contributed by atoms with van der Waals surface area (Å²) in [5.41, 5.74) is 1.00. The van der Waals surface area contributed by atoms with E-state index in [0.717, 1.165) is 0 Å². The number of aliphatic carboxylic acids is 1. The van der Waals surface area contributed by atoms with Gasteiger partial charge in [-0.05, 0) is 37.3 Å². The fraction of sp³-hybridized carbons (Fsp3) is 0.353. The normalized spacial score (nSPS) is 28.6. The van der Waals surface area contributed by atoms with Crippen molar-refractivity contribution in [2.45, 2.75) is 13.3 Å². The van der Waals surface area contributed by atoms with Crippen LogP contribution in [-0.4, -0.2) is 17.7 Å². The number of Topliss-reactive ketones (excluding diaryl/α,β-unsaturated/α-hetero) is 1. The average Bonchev–Trinajstić information content (AvgIpc) is 3.07. The molecule has 4 atom stereocenters. The van der Waals surface area contributed by atoms with Gasteiger partial charge in [0.1, 0.15) is 0 Å². The molecule has 1 aromatic rings. The first-order chi connectivity index (χ1) is 10.5. The van der Waals surface area contributed by atoms with E-state index in [9.17, 15) is 19.5 Å². The van der Waals surface area contributed by atoms with Crippen LogP contribution in [0.25, 0.3) is 0 Å². The van der Waals surface area contributed by atoms with Gasteiger partial charge in [-0.15, -0.1) is 0 Å². The van der Waals surface area contributed by atoms with Crippen LogP contribution in [0, 0.1) is 23.7 Å². The van der Waals surface area contributed by atoms with Crippen molar-refractivity contribution in [3.63, 3.8) is 0 Å². The van der Waals surface area contributed by atoms with Crippen LogP contribution in [-0.2, 0) is 9.59 Å². The van der Waals surface area contributed by atoms with Crippen LogP contribution in [0.1, 0.15) is 23.7 Å². The fourth-order valence-corrected chi connectivity index (χ4v) is 3.54. The Morgan fingerprint density at radius 3 is 2.45 bits per heavy atom. The maximum Gasteiger partial charge on any atom is 0.228 e. The summed E-state index contributed by atoms with van der Waals surface area (Å²) in [5, 5.41) is 14.1.